The highest BCUT2D eigenvalue weighted by molar-refractivity contribution is 5.79. The van der Waals surface area contributed by atoms with Crippen molar-refractivity contribution in [2.24, 2.45) is 0 Å². The second-order valence-electron chi connectivity index (χ2n) is 9.16. The maximum Gasteiger partial charge on any atom is 0.0477 e. The molecule has 0 radical (unpaired) electrons. The van der Waals surface area contributed by atoms with Gasteiger partial charge in [0.15, 0.2) is 0 Å². The molecule has 1 aromatic heterocycles. The van der Waals surface area contributed by atoms with Gasteiger partial charge >= 0.3 is 0 Å². The van der Waals surface area contributed by atoms with Gasteiger partial charge in [0.2, 0.25) is 0 Å². The molecule has 0 unspecified atom stereocenters. The van der Waals surface area contributed by atoms with Crippen LogP contribution in [-0.4, -0.2) is 31.2 Å². The Labute approximate surface area is 157 Å². The molecule has 1 aliphatic heterocycles. The van der Waals surface area contributed by atoms with Crippen molar-refractivity contribution in [2.75, 3.05) is 31.1 Å². The third kappa shape index (κ3) is 3.03. The molecular formula is C23H31N3. The molecule has 2 aliphatic rings. The molecule has 1 fully saturated rings. The lowest BCUT2D eigenvalue weighted by Gasteiger charge is -2.42. The van der Waals surface area contributed by atoms with Crippen molar-refractivity contribution in [3.05, 3.63) is 47.8 Å². The van der Waals surface area contributed by atoms with Crippen LogP contribution in [0, 0.1) is 0 Å². The molecule has 1 saturated heterocycles. The van der Waals surface area contributed by atoms with Crippen LogP contribution in [0.2, 0.25) is 0 Å². The molecule has 0 spiro atoms. The van der Waals surface area contributed by atoms with Crippen molar-refractivity contribution in [3.63, 3.8) is 0 Å². The number of hydrogen-bond acceptors (Lipinski definition) is 3. The Kier molecular flexibility index (Phi) is 4.31. The van der Waals surface area contributed by atoms with Gasteiger partial charge in [-0.1, -0.05) is 45.9 Å². The van der Waals surface area contributed by atoms with E-state index < -0.39 is 0 Å². The molecule has 138 valence electrons. The molecule has 3 heteroatoms. The molecule has 1 aliphatic carbocycles. The fourth-order valence-corrected chi connectivity index (χ4v) is 4.55. The smallest absolute Gasteiger partial charge is 0.0477 e. The third-order valence-electron chi connectivity index (χ3n) is 6.42. The zero-order valence-corrected chi connectivity index (χ0v) is 16.6. The largest absolute Gasteiger partial charge is 0.368 e. The topological polar surface area (TPSA) is 28.2 Å². The van der Waals surface area contributed by atoms with Gasteiger partial charge in [-0.05, 0) is 46.4 Å². The van der Waals surface area contributed by atoms with Crippen LogP contribution in [0.4, 0.5) is 5.69 Å². The van der Waals surface area contributed by atoms with Crippen LogP contribution in [-0.2, 0) is 10.8 Å². The maximum atomic E-state index is 4.45. The summed E-state index contributed by atoms with van der Waals surface area (Å²) in [5, 5.41) is 3.45. The first kappa shape index (κ1) is 17.5. The van der Waals surface area contributed by atoms with Crippen LogP contribution in [0.3, 0.4) is 0 Å². The zero-order valence-electron chi connectivity index (χ0n) is 16.6. The number of nitrogens with one attached hydrogen (secondary N) is 1. The van der Waals surface area contributed by atoms with E-state index in [1.165, 1.54) is 40.8 Å². The minimum atomic E-state index is 0.234. The molecule has 2 aromatic rings. The minimum Gasteiger partial charge on any atom is -0.368 e. The van der Waals surface area contributed by atoms with Gasteiger partial charge < -0.3 is 10.2 Å². The summed E-state index contributed by atoms with van der Waals surface area (Å²) in [5.74, 6) is 0. The summed E-state index contributed by atoms with van der Waals surface area (Å²) in [7, 11) is 0. The predicted molar refractivity (Wildman–Crippen MR) is 110 cm³/mol. The van der Waals surface area contributed by atoms with Gasteiger partial charge in [0.05, 0.1) is 0 Å². The van der Waals surface area contributed by atoms with Gasteiger partial charge in [0, 0.05) is 49.8 Å². The second-order valence-corrected chi connectivity index (χ2v) is 9.16. The summed E-state index contributed by atoms with van der Waals surface area (Å²) >= 11 is 0. The SMILES string of the molecule is CC1(C)CCC(C)(C)c2cc(-c3cnccc3N3CCNCC3)ccc21. The van der Waals surface area contributed by atoms with E-state index in [0.29, 0.717) is 0 Å². The Bertz CT molecular complexity index is 801. The number of hydrogen-bond donors (Lipinski definition) is 1. The standard InChI is InChI=1S/C23H31N3/c1-22(2)8-9-23(3,4)20-15-17(5-6-19(20)22)18-16-25-10-7-21(18)26-13-11-24-12-14-26/h5-7,10,15-16,24H,8-9,11-14H2,1-4H3. The summed E-state index contributed by atoms with van der Waals surface area (Å²) in [5.41, 5.74) is 7.41. The molecule has 26 heavy (non-hydrogen) atoms. The van der Waals surface area contributed by atoms with Crippen LogP contribution in [0.15, 0.2) is 36.7 Å². The summed E-state index contributed by atoms with van der Waals surface area (Å²) in [6, 6.07) is 9.30. The lowest BCUT2D eigenvalue weighted by Crippen LogP contribution is -2.43. The minimum absolute atomic E-state index is 0.234. The number of aromatic nitrogens is 1. The van der Waals surface area contributed by atoms with E-state index in [-0.39, 0.29) is 10.8 Å². The molecule has 0 bridgehead atoms. The van der Waals surface area contributed by atoms with Crippen molar-refractivity contribution in [1.82, 2.24) is 10.3 Å². The van der Waals surface area contributed by atoms with E-state index in [1.807, 2.05) is 12.4 Å². The van der Waals surface area contributed by atoms with E-state index in [0.717, 1.165) is 26.2 Å². The van der Waals surface area contributed by atoms with E-state index in [4.69, 9.17) is 0 Å². The van der Waals surface area contributed by atoms with Crippen LogP contribution >= 0.6 is 0 Å². The van der Waals surface area contributed by atoms with Crippen molar-refractivity contribution in [2.45, 2.75) is 51.4 Å². The second kappa shape index (κ2) is 6.38. The van der Waals surface area contributed by atoms with Crippen molar-refractivity contribution >= 4 is 5.69 Å². The summed E-state index contributed by atoms with van der Waals surface area (Å²) in [6.45, 7) is 13.8. The van der Waals surface area contributed by atoms with Crippen molar-refractivity contribution in [1.29, 1.82) is 0 Å². The molecule has 3 nitrogen and oxygen atoms in total. The zero-order chi connectivity index (χ0) is 18.4. The van der Waals surface area contributed by atoms with E-state index >= 15 is 0 Å². The molecule has 0 amide bonds. The number of pyridine rings is 1. The molecule has 4 rings (SSSR count). The number of rotatable bonds is 2. The summed E-state index contributed by atoms with van der Waals surface area (Å²) < 4.78 is 0. The number of piperazine rings is 1. The first-order chi connectivity index (χ1) is 12.4. The van der Waals surface area contributed by atoms with Gasteiger partial charge in [0.1, 0.15) is 0 Å². The van der Waals surface area contributed by atoms with Crippen molar-refractivity contribution < 1.29 is 0 Å². The Morgan fingerprint density at radius 3 is 2.35 bits per heavy atom. The molecule has 1 N–H and O–H groups in total. The highest BCUT2D eigenvalue weighted by Gasteiger charge is 2.37. The normalized spacial score (nSPS) is 21.3. The van der Waals surface area contributed by atoms with Gasteiger partial charge in [-0.2, -0.15) is 0 Å². The first-order valence-corrected chi connectivity index (χ1v) is 9.94. The molecular weight excluding hydrogens is 318 g/mol. The Morgan fingerprint density at radius 1 is 0.923 bits per heavy atom. The molecule has 2 heterocycles. The number of nitrogens with zero attached hydrogens (tertiary/aromatic N) is 2. The fourth-order valence-electron chi connectivity index (χ4n) is 4.55. The lowest BCUT2D eigenvalue weighted by atomic mass is 9.63. The molecule has 0 atom stereocenters. The van der Waals surface area contributed by atoms with Gasteiger partial charge in [-0.3, -0.25) is 4.98 Å². The number of anilines is 1. The van der Waals surface area contributed by atoms with E-state index in [2.05, 4.69) is 67.2 Å². The third-order valence-corrected chi connectivity index (χ3v) is 6.42. The molecule has 0 saturated carbocycles. The summed E-state index contributed by atoms with van der Waals surface area (Å²) in [4.78, 5) is 6.94. The fraction of sp³-hybridized carbons (Fsp3) is 0.522. The number of benzene rings is 1. The number of fused-ring (bicyclic) bond motifs is 1. The average molecular weight is 350 g/mol. The Balaban J connectivity index is 1.81. The lowest BCUT2D eigenvalue weighted by molar-refractivity contribution is 0.332. The van der Waals surface area contributed by atoms with Gasteiger partial charge in [-0.25, -0.2) is 0 Å². The highest BCUT2D eigenvalue weighted by Crippen LogP contribution is 2.47. The van der Waals surface area contributed by atoms with Crippen molar-refractivity contribution in [3.8, 4) is 11.1 Å². The van der Waals surface area contributed by atoms with E-state index in [1.54, 1.807) is 0 Å². The Hall–Kier alpha value is -1.87. The Morgan fingerprint density at radius 2 is 1.62 bits per heavy atom. The molecule has 1 aromatic carbocycles. The monoisotopic (exact) mass is 349 g/mol. The maximum absolute atomic E-state index is 4.45. The van der Waals surface area contributed by atoms with Gasteiger partial charge in [0.25, 0.3) is 0 Å². The van der Waals surface area contributed by atoms with Crippen LogP contribution in [0.5, 0.6) is 0 Å². The highest BCUT2D eigenvalue weighted by atomic mass is 15.2. The average Bonchev–Trinajstić information content (AvgIpc) is 2.66. The van der Waals surface area contributed by atoms with Gasteiger partial charge in [-0.15, -0.1) is 0 Å². The quantitative estimate of drug-likeness (QED) is 0.865. The van der Waals surface area contributed by atoms with Crippen LogP contribution in [0.25, 0.3) is 11.1 Å². The summed E-state index contributed by atoms with van der Waals surface area (Å²) in [6.07, 6.45) is 6.46. The van der Waals surface area contributed by atoms with Crippen LogP contribution in [0.1, 0.15) is 51.7 Å². The van der Waals surface area contributed by atoms with E-state index in [9.17, 15) is 0 Å². The van der Waals surface area contributed by atoms with Crippen LogP contribution < -0.4 is 10.2 Å². The predicted octanol–water partition coefficient (Wildman–Crippen LogP) is 4.51. The first-order valence-electron chi connectivity index (χ1n) is 9.94.